The smallest absolute Gasteiger partial charge is 0.293 e. The molecule has 29 heavy (non-hydrogen) atoms. The number of benzene rings is 1. The molecule has 1 aromatic carbocycles. The minimum Gasteiger partial charge on any atom is -0.352 e. The van der Waals surface area contributed by atoms with Crippen molar-refractivity contribution in [3.05, 3.63) is 52.6 Å². The molecule has 4 rings (SSSR count). The van der Waals surface area contributed by atoms with Crippen LogP contribution in [0.15, 0.2) is 41.3 Å². The summed E-state index contributed by atoms with van der Waals surface area (Å²) in [6, 6.07) is 9.75. The zero-order chi connectivity index (χ0) is 20.4. The van der Waals surface area contributed by atoms with Crippen molar-refractivity contribution in [1.82, 2.24) is 24.9 Å². The summed E-state index contributed by atoms with van der Waals surface area (Å²) in [5.74, 6) is -0.0643. The molecule has 0 unspecified atom stereocenters. The van der Waals surface area contributed by atoms with Gasteiger partial charge in [-0.1, -0.05) is 51.3 Å². The van der Waals surface area contributed by atoms with Gasteiger partial charge in [0.15, 0.2) is 0 Å². The lowest BCUT2D eigenvalue weighted by Crippen LogP contribution is -2.40. The summed E-state index contributed by atoms with van der Waals surface area (Å²) < 4.78 is 2.93. The fraction of sp³-hybridized carbons (Fsp3) is 0.455. The van der Waals surface area contributed by atoms with Gasteiger partial charge >= 0.3 is 0 Å². The molecule has 7 nitrogen and oxygen atoms in total. The largest absolute Gasteiger partial charge is 0.352 e. The van der Waals surface area contributed by atoms with E-state index in [-0.39, 0.29) is 30.0 Å². The van der Waals surface area contributed by atoms with Crippen LogP contribution in [0, 0.1) is 0 Å². The van der Waals surface area contributed by atoms with Crippen molar-refractivity contribution in [1.29, 1.82) is 0 Å². The Bertz CT molecular complexity index is 1060. The first-order chi connectivity index (χ1) is 14.0. The number of aromatic nitrogens is 4. The third-order valence-electron chi connectivity index (χ3n) is 5.52. The van der Waals surface area contributed by atoms with Crippen LogP contribution in [0.1, 0.15) is 57.6 Å². The van der Waals surface area contributed by atoms with Gasteiger partial charge in [-0.05, 0) is 30.9 Å². The second kappa shape index (κ2) is 8.19. The Morgan fingerprint density at radius 2 is 1.90 bits per heavy atom. The van der Waals surface area contributed by atoms with Gasteiger partial charge in [0, 0.05) is 11.4 Å². The third-order valence-corrected chi connectivity index (χ3v) is 5.52. The molecule has 1 aliphatic rings. The average molecular weight is 393 g/mol. The number of carbonyl (C=O) groups excluding carboxylic acids is 1. The van der Waals surface area contributed by atoms with Gasteiger partial charge in [0.1, 0.15) is 12.1 Å². The van der Waals surface area contributed by atoms with Crippen molar-refractivity contribution >= 4 is 16.8 Å². The van der Waals surface area contributed by atoms with E-state index in [1.807, 2.05) is 44.2 Å². The van der Waals surface area contributed by atoms with Gasteiger partial charge in [-0.25, -0.2) is 9.36 Å². The molecule has 1 fully saturated rings. The molecule has 0 spiro atoms. The van der Waals surface area contributed by atoms with Crippen LogP contribution in [0.2, 0.25) is 0 Å². The van der Waals surface area contributed by atoms with Crippen molar-refractivity contribution in [3.63, 3.8) is 0 Å². The van der Waals surface area contributed by atoms with E-state index < -0.39 is 0 Å². The number of amides is 1. The molecule has 1 saturated carbocycles. The second-order valence-electron chi connectivity index (χ2n) is 8.06. The lowest BCUT2D eigenvalue weighted by Gasteiger charge is -2.22. The van der Waals surface area contributed by atoms with Crippen LogP contribution in [0.25, 0.3) is 16.6 Å². The topological polar surface area (TPSA) is 81.8 Å². The van der Waals surface area contributed by atoms with Gasteiger partial charge in [-0.3, -0.25) is 9.59 Å². The zero-order valence-corrected chi connectivity index (χ0v) is 17.0. The maximum atomic E-state index is 13.2. The van der Waals surface area contributed by atoms with Gasteiger partial charge in [-0.2, -0.15) is 10.2 Å². The van der Waals surface area contributed by atoms with E-state index in [9.17, 15) is 9.59 Å². The summed E-state index contributed by atoms with van der Waals surface area (Å²) in [5, 5.41) is 12.8. The molecule has 0 bridgehead atoms. The minimum absolute atomic E-state index is 0.0784. The summed E-state index contributed by atoms with van der Waals surface area (Å²) >= 11 is 0. The predicted molar refractivity (Wildman–Crippen MR) is 112 cm³/mol. The van der Waals surface area contributed by atoms with Crippen LogP contribution in [0.4, 0.5) is 0 Å². The van der Waals surface area contributed by atoms with Crippen molar-refractivity contribution < 1.29 is 4.79 Å². The standard InChI is InChI=1S/C22H27N5O2/c1-15(2)20-18-13-23-27(17-11-7-4-8-12-17)21(18)22(29)26(25-20)14-19(28)24-16-9-5-3-6-10-16/h4,7-8,11-13,15-16H,3,5-6,9-10,14H2,1-2H3,(H,24,28). The number of fused-ring (bicyclic) bond motifs is 1. The van der Waals surface area contributed by atoms with E-state index in [1.165, 1.54) is 11.1 Å². The molecular formula is C22H27N5O2. The Morgan fingerprint density at radius 3 is 2.59 bits per heavy atom. The first-order valence-electron chi connectivity index (χ1n) is 10.4. The minimum atomic E-state index is -0.301. The quantitative estimate of drug-likeness (QED) is 0.722. The molecule has 152 valence electrons. The zero-order valence-electron chi connectivity index (χ0n) is 17.0. The maximum Gasteiger partial charge on any atom is 0.293 e. The Kier molecular flexibility index (Phi) is 5.47. The predicted octanol–water partition coefficient (Wildman–Crippen LogP) is 3.15. The molecule has 0 saturated heterocycles. The van der Waals surface area contributed by atoms with E-state index in [1.54, 1.807) is 10.9 Å². The highest BCUT2D eigenvalue weighted by Gasteiger charge is 2.21. The Morgan fingerprint density at radius 1 is 1.17 bits per heavy atom. The van der Waals surface area contributed by atoms with Crippen molar-refractivity contribution in [2.45, 2.75) is 64.5 Å². The Hall–Kier alpha value is -2.96. The van der Waals surface area contributed by atoms with E-state index >= 15 is 0 Å². The molecule has 2 aromatic heterocycles. The number of rotatable bonds is 5. The van der Waals surface area contributed by atoms with Crippen molar-refractivity contribution in [3.8, 4) is 5.69 Å². The molecule has 0 aliphatic heterocycles. The third kappa shape index (κ3) is 3.95. The first-order valence-corrected chi connectivity index (χ1v) is 10.4. The molecule has 1 amide bonds. The molecule has 0 radical (unpaired) electrons. The van der Waals surface area contributed by atoms with E-state index in [0.29, 0.717) is 5.52 Å². The number of nitrogens with one attached hydrogen (secondary N) is 1. The number of nitrogens with zero attached hydrogens (tertiary/aromatic N) is 4. The monoisotopic (exact) mass is 393 g/mol. The number of carbonyl (C=O) groups is 1. The Labute approximate surface area is 169 Å². The number of hydrogen-bond acceptors (Lipinski definition) is 4. The summed E-state index contributed by atoms with van der Waals surface area (Å²) in [4.78, 5) is 25.9. The van der Waals surface area contributed by atoms with Crippen LogP contribution in [0.3, 0.4) is 0 Å². The van der Waals surface area contributed by atoms with Crippen LogP contribution >= 0.6 is 0 Å². The normalized spacial score (nSPS) is 15.1. The van der Waals surface area contributed by atoms with Gasteiger partial charge in [0.25, 0.3) is 5.56 Å². The fourth-order valence-corrected chi connectivity index (χ4v) is 4.05. The highest BCUT2D eigenvalue weighted by atomic mass is 16.2. The lowest BCUT2D eigenvalue weighted by molar-refractivity contribution is -0.122. The van der Waals surface area contributed by atoms with Crippen LogP contribution in [-0.4, -0.2) is 31.5 Å². The summed E-state index contributed by atoms with van der Waals surface area (Å²) in [6.45, 7) is 3.97. The SMILES string of the molecule is CC(C)c1nn(CC(=O)NC2CCCCC2)c(=O)c2c1cnn2-c1ccccc1. The first kappa shape index (κ1) is 19.4. The number of para-hydroxylation sites is 1. The maximum absolute atomic E-state index is 13.2. The van der Waals surface area contributed by atoms with Gasteiger partial charge in [0.2, 0.25) is 5.91 Å². The second-order valence-corrected chi connectivity index (χ2v) is 8.06. The summed E-state index contributed by atoms with van der Waals surface area (Å²) in [6.07, 6.45) is 7.21. The fourth-order valence-electron chi connectivity index (χ4n) is 4.05. The Balaban J connectivity index is 1.73. The van der Waals surface area contributed by atoms with E-state index in [0.717, 1.165) is 42.5 Å². The number of hydrogen-bond donors (Lipinski definition) is 1. The molecular weight excluding hydrogens is 366 g/mol. The molecule has 1 N–H and O–H groups in total. The van der Waals surface area contributed by atoms with Crippen molar-refractivity contribution in [2.24, 2.45) is 0 Å². The van der Waals surface area contributed by atoms with E-state index in [4.69, 9.17) is 0 Å². The molecule has 0 atom stereocenters. The average Bonchev–Trinajstić information content (AvgIpc) is 3.16. The van der Waals surface area contributed by atoms with Crippen LogP contribution in [0.5, 0.6) is 0 Å². The van der Waals surface area contributed by atoms with Gasteiger partial charge < -0.3 is 5.32 Å². The van der Waals surface area contributed by atoms with E-state index in [2.05, 4.69) is 15.5 Å². The summed E-state index contributed by atoms with van der Waals surface area (Å²) in [7, 11) is 0. The lowest BCUT2D eigenvalue weighted by atomic mass is 9.95. The summed E-state index contributed by atoms with van der Waals surface area (Å²) in [5.41, 5.74) is 1.73. The highest BCUT2D eigenvalue weighted by Crippen LogP contribution is 2.23. The van der Waals surface area contributed by atoms with Crippen molar-refractivity contribution in [2.75, 3.05) is 0 Å². The molecule has 1 aliphatic carbocycles. The van der Waals surface area contributed by atoms with Crippen LogP contribution < -0.4 is 10.9 Å². The molecule has 3 aromatic rings. The molecule has 7 heteroatoms. The van der Waals surface area contributed by atoms with Crippen LogP contribution in [-0.2, 0) is 11.3 Å². The highest BCUT2D eigenvalue weighted by molar-refractivity contribution is 5.82. The van der Waals surface area contributed by atoms with Gasteiger partial charge in [0.05, 0.1) is 17.6 Å². The van der Waals surface area contributed by atoms with Gasteiger partial charge in [-0.15, -0.1) is 0 Å². The molecule has 2 heterocycles.